The summed E-state index contributed by atoms with van der Waals surface area (Å²) in [5.74, 6) is 2.05. The number of nitrogens with zero attached hydrogens (tertiary/aromatic N) is 4. The molecule has 0 radical (unpaired) electrons. The number of rotatable bonds is 8. The van der Waals surface area contributed by atoms with Crippen molar-refractivity contribution in [3.63, 3.8) is 0 Å². The summed E-state index contributed by atoms with van der Waals surface area (Å²) >= 11 is 5.95. The maximum atomic E-state index is 11.7. The highest BCUT2D eigenvalue weighted by atomic mass is 32.1. The Labute approximate surface area is 260 Å². The van der Waals surface area contributed by atoms with E-state index in [1.807, 2.05) is 92.1 Å². The first kappa shape index (κ1) is 28.9. The molecular formula is C34H31N5O4S. The average molecular weight is 606 g/mol. The third-order valence-electron chi connectivity index (χ3n) is 7.94. The number of para-hydroxylation sites is 1. The molecule has 6 rings (SSSR count). The third-order valence-corrected chi connectivity index (χ3v) is 8.25. The molecule has 9 nitrogen and oxygen atoms in total. The van der Waals surface area contributed by atoms with Gasteiger partial charge in [-0.15, -0.1) is 0 Å². The second kappa shape index (κ2) is 11.8. The zero-order chi connectivity index (χ0) is 31.0. The van der Waals surface area contributed by atoms with Crippen molar-refractivity contribution in [1.29, 1.82) is 0 Å². The second-order valence-electron chi connectivity index (χ2n) is 10.6. The Bertz CT molecular complexity index is 1860. The van der Waals surface area contributed by atoms with E-state index >= 15 is 0 Å². The molecule has 10 heteroatoms. The molecule has 0 spiro atoms. The van der Waals surface area contributed by atoms with E-state index < -0.39 is 4.92 Å². The lowest BCUT2D eigenvalue weighted by Gasteiger charge is -2.28. The number of anilines is 1. The number of nitro benzene ring substituents is 1. The summed E-state index contributed by atoms with van der Waals surface area (Å²) in [6.07, 6.45) is 1.77. The molecule has 1 N–H and O–H groups in total. The number of aryl methyl sites for hydroxylation is 2. The molecule has 0 aliphatic carbocycles. The molecule has 1 fully saturated rings. The standard InChI is InChI=1S/C34H31N5O4S/c1-21-9-5-6-11-30(21)43-26-15-12-24(13-16-26)38-33(32(36-34(38)44)28-10-7-8-18-35-28)27-19-22(2)37(23(27)3)29-20-25(39(40)41)14-17-31(29)42-4/h5-20,32-33H,1-4H3,(H,36,44)/t32-,33+/m0/s1. The third kappa shape index (κ3) is 5.24. The van der Waals surface area contributed by atoms with Crippen LogP contribution in [0.3, 0.4) is 0 Å². The first-order chi connectivity index (χ1) is 21.3. The zero-order valence-corrected chi connectivity index (χ0v) is 25.5. The fourth-order valence-electron chi connectivity index (χ4n) is 5.85. The first-order valence-corrected chi connectivity index (χ1v) is 14.5. The van der Waals surface area contributed by atoms with Crippen molar-refractivity contribution in [3.8, 4) is 22.9 Å². The van der Waals surface area contributed by atoms with Gasteiger partial charge in [0.25, 0.3) is 5.69 Å². The predicted octanol–water partition coefficient (Wildman–Crippen LogP) is 7.68. The van der Waals surface area contributed by atoms with Crippen LogP contribution < -0.4 is 19.7 Å². The molecule has 44 heavy (non-hydrogen) atoms. The van der Waals surface area contributed by atoms with Gasteiger partial charge >= 0.3 is 0 Å². The minimum Gasteiger partial charge on any atom is -0.495 e. The highest BCUT2D eigenvalue weighted by Gasteiger charge is 2.42. The number of hydrogen-bond donors (Lipinski definition) is 1. The highest BCUT2D eigenvalue weighted by molar-refractivity contribution is 7.80. The van der Waals surface area contributed by atoms with E-state index in [9.17, 15) is 10.1 Å². The lowest BCUT2D eigenvalue weighted by Crippen LogP contribution is -2.29. The summed E-state index contributed by atoms with van der Waals surface area (Å²) < 4.78 is 13.8. The number of benzene rings is 3. The van der Waals surface area contributed by atoms with E-state index in [0.29, 0.717) is 16.5 Å². The van der Waals surface area contributed by atoms with Gasteiger partial charge in [0.1, 0.15) is 17.2 Å². The Morgan fingerprint density at radius 3 is 2.36 bits per heavy atom. The minimum atomic E-state index is -0.400. The number of pyridine rings is 1. The van der Waals surface area contributed by atoms with Crippen molar-refractivity contribution in [1.82, 2.24) is 14.9 Å². The average Bonchev–Trinajstić information content (AvgIpc) is 3.53. The number of ether oxygens (including phenoxy) is 2. The number of thiocarbonyl (C=S) groups is 1. The second-order valence-corrected chi connectivity index (χ2v) is 11.0. The largest absolute Gasteiger partial charge is 0.495 e. The fraction of sp³-hybridized carbons (Fsp3) is 0.176. The van der Waals surface area contributed by atoms with Crippen LogP contribution in [0.25, 0.3) is 5.69 Å². The van der Waals surface area contributed by atoms with Gasteiger partial charge < -0.3 is 24.3 Å². The number of aromatic nitrogens is 2. The number of nitrogens with one attached hydrogen (secondary N) is 1. The molecular weight excluding hydrogens is 574 g/mol. The molecule has 3 aromatic carbocycles. The summed E-state index contributed by atoms with van der Waals surface area (Å²) in [7, 11) is 1.56. The van der Waals surface area contributed by atoms with Gasteiger partial charge in [-0.05, 0) is 98.7 Å². The van der Waals surface area contributed by atoms with Crippen LogP contribution in [-0.2, 0) is 0 Å². The van der Waals surface area contributed by atoms with Crippen LogP contribution in [0.15, 0.2) is 97.2 Å². The molecule has 0 amide bonds. The summed E-state index contributed by atoms with van der Waals surface area (Å²) in [6, 6.07) is 27.8. The fourth-order valence-corrected chi connectivity index (χ4v) is 6.19. The summed E-state index contributed by atoms with van der Waals surface area (Å²) in [6.45, 7) is 6.00. The molecule has 5 aromatic rings. The first-order valence-electron chi connectivity index (χ1n) is 14.1. The van der Waals surface area contributed by atoms with E-state index in [1.165, 1.54) is 6.07 Å². The predicted molar refractivity (Wildman–Crippen MR) is 174 cm³/mol. The Morgan fingerprint density at radius 2 is 1.68 bits per heavy atom. The van der Waals surface area contributed by atoms with Crippen LogP contribution in [0.1, 0.15) is 40.3 Å². The van der Waals surface area contributed by atoms with Gasteiger partial charge in [0.15, 0.2) is 5.11 Å². The molecule has 222 valence electrons. The van der Waals surface area contributed by atoms with Gasteiger partial charge in [0.2, 0.25) is 0 Å². The van der Waals surface area contributed by atoms with Crippen LogP contribution in [0, 0.1) is 30.9 Å². The van der Waals surface area contributed by atoms with Crippen molar-refractivity contribution in [2.75, 3.05) is 12.0 Å². The van der Waals surface area contributed by atoms with Crippen LogP contribution >= 0.6 is 12.2 Å². The molecule has 0 unspecified atom stereocenters. The topological polar surface area (TPSA) is 94.7 Å². The van der Waals surface area contributed by atoms with Crippen LogP contribution in [0.4, 0.5) is 11.4 Å². The van der Waals surface area contributed by atoms with Gasteiger partial charge in [0.05, 0.1) is 35.5 Å². The van der Waals surface area contributed by atoms with Crippen molar-refractivity contribution >= 4 is 28.7 Å². The number of non-ortho nitro benzene ring substituents is 1. The molecule has 0 saturated carbocycles. The van der Waals surface area contributed by atoms with Crippen LogP contribution in [0.2, 0.25) is 0 Å². The molecule has 0 bridgehead atoms. The Morgan fingerprint density at radius 1 is 0.932 bits per heavy atom. The lowest BCUT2D eigenvalue weighted by atomic mass is 9.96. The van der Waals surface area contributed by atoms with Gasteiger partial charge in [-0.3, -0.25) is 15.1 Å². The Balaban J connectivity index is 1.45. The van der Waals surface area contributed by atoms with Crippen molar-refractivity contribution in [2.24, 2.45) is 0 Å². The van der Waals surface area contributed by atoms with E-state index in [0.717, 1.165) is 45.4 Å². The van der Waals surface area contributed by atoms with Gasteiger partial charge in [-0.25, -0.2) is 0 Å². The minimum absolute atomic E-state index is 0.0143. The smallest absolute Gasteiger partial charge is 0.271 e. The maximum absolute atomic E-state index is 11.7. The summed E-state index contributed by atoms with van der Waals surface area (Å²) in [4.78, 5) is 18.0. The van der Waals surface area contributed by atoms with Crippen molar-refractivity contribution in [3.05, 3.63) is 136 Å². The normalized spacial score (nSPS) is 16.1. The van der Waals surface area contributed by atoms with Crippen LogP contribution in [0.5, 0.6) is 17.2 Å². The van der Waals surface area contributed by atoms with Crippen molar-refractivity contribution in [2.45, 2.75) is 32.9 Å². The van der Waals surface area contributed by atoms with Gasteiger partial charge in [-0.2, -0.15) is 0 Å². The molecule has 1 saturated heterocycles. The summed E-state index contributed by atoms with van der Waals surface area (Å²) in [5.41, 5.74) is 6.17. The number of methoxy groups -OCH3 is 1. The van der Waals surface area contributed by atoms with E-state index in [-0.39, 0.29) is 17.8 Å². The van der Waals surface area contributed by atoms with E-state index in [4.69, 9.17) is 21.7 Å². The maximum Gasteiger partial charge on any atom is 0.271 e. The molecule has 3 heterocycles. The Hall–Kier alpha value is -5.22. The van der Waals surface area contributed by atoms with Crippen molar-refractivity contribution < 1.29 is 14.4 Å². The van der Waals surface area contributed by atoms with Gasteiger partial charge in [-0.1, -0.05) is 24.3 Å². The molecule has 1 aliphatic heterocycles. The SMILES string of the molecule is COc1ccc([N+](=O)[O-])cc1-n1c(C)cc([C@@H]2[C@H](c3ccccn3)NC(=S)N2c2ccc(Oc3ccccc3C)cc2)c1C. The highest BCUT2D eigenvalue weighted by Crippen LogP contribution is 2.45. The Kier molecular flexibility index (Phi) is 7.75. The lowest BCUT2D eigenvalue weighted by molar-refractivity contribution is -0.384. The monoisotopic (exact) mass is 605 g/mol. The molecule has 2 atom stereocenters. The van der Waals surface area contributed by atoms with Crippen LogP contribution in [-0.4, -0.2) is 26.7 Å². The van der Waals surface area contributed by atoms with E-state index in [1.54, 1.807) is 25.4 Å². The quantitative estimate of drug-likeness (QED) is 0.109. The van der Waals surface area contributed by atoms with Gasteiger partial charge in [0, 0.05) is 35.4 Å². The number of hydrogen-bond acceptors (Lipinski definition) is 6. The zero-order valence-electron chi connectivity index (χ0n) is 24.7. The summed E-state index contributed by atoms with van der Waals surface area (Å²) in [5, 5.41) is 15.7. The van der Waals surface area contributed by atoms with E-state index in [2.05, 4.69) is 21.3 Å². The number of nitro groups is 1. The molecule has 1 aliphatic rings. The molecule has 2 aromatic heterocycles.